The summed E-state index contributed by atoms with van der Waals surface area (Å²) in [6.07, 6.45) is 3.52. The predicted octanol–water partition coefficient (Wildman–Crippen LogP) is 3.34. The zero-order valence-corrected chi connectivity index (χ0v) is 14.3. The summed E-state index contributed by atoms with van der Waals surface area (Å²) in [5, 5.41) is 3.98. The van der Waals surface area contributed by atoms with E-state index in [9.17, 15) is 4.79 Å². The van der Waals surface area contributed by atoms with Crippen molar-refractivity contribution >= 4 is 12.1 Å². The Morgan fingerprint density at radius 3 is 2.68 bits per heavy atom. The fraction of sp³-hybridized carbons (Fsp3) is 0.200. The summed E-state index contributed by atoms with van der Waals surface area (Å²) in [4.78, 5) is 11.9. The van der Waals surface area contributed by atoms with Crippen LogP contribution in [0.1, 0.15) is 18.1 Å². The molecule has 0 saturated carbocycles. The molecule has 2 aromatic rings. The molecule has 0 aliphatic rings. The van der Waals surface area contributed by atoms with Crippen LogP contribution in [0.5, 0.6) is 11.5 Å². The Bertz CT molecular complexity index is 724. The smallest absolute Gasteiger partial charge is 0.244 e. The highest BCUT2D eigenvalue weighted by molar-refractivity contribution is 5.83. The molecule has 2 aromatic carbocycles. The van der Waals surface area contributed by atoms with Gasteiger partial charge in [-0.3, -0.25) is 4.79 Å². The zero-order chi connectivity index (χ0) is 17.9. The van der Waals surface area contributed by atoms with Gasteiger partial charge in [-0.05, 0) is 42.3 Å². The van der Waals surface area contributed by atoms with Gasteiger partial charge in [0.25, 0.3) is 0 Å². The van der Waals surface area contributed by atoms with Crippen molar-refractivity contribution in [3.8, 4) is 11.5 Å². The Balaban J connectivity index is 1.84. The van der Waals surface area contributed by atoms with Crippen LogP contribution in [0.3, 0.4) is 0 Å². The van der Waals surface area contributed by atoms with Crippen molar-refractivity contribution in [1.82, 2.24) is 5.43 Å². The largest absolute Gasteiger partial charge is 0.494 e. The maximum absolute atomic E-state index is 11.9. The molecule has 0 unspecified atom stereocenters. The topological polar surface area (TPSA) is 59.9 Å². The molecule has 130 valence electrons. The third kappa shape index (κ3) is 6.51. The second-order valence-electron chi connectivity index (χ2n) is 5.22. The summed E-state index contributed by atoms with van der Waals surface area (Å²) in [7, 11) is 0. The van der Waals surface area contributed by atoms with Gasteiger partial charge in [0.2, 0.25) is 5.91 Å². The summed E-state index contributed by atoms with van der Waals surface area (Å²) in [5.41, 5.74) is 4.26. The Morgan fingerprint density at radius 1 is 1.16 bits per heavy atom. The van der Waals surface area contributed by atoms with E-state index in [0.717, 1.165) is 22.6 Å². The molecule has 0 saturated heterocycles. The molecule has 0 atom stereocenters. The van der Waals surface area contributed by atoms with Crippen molar-refractivity contribution in [2.24, 2.45) is 5.10 Å². The molecule has 2 rings (SSSR count). The van der Waals surface area contributed by atoms with Gasteiger partial charge in [0.15, 0.2) is 0 Å². The number of hydrazone groups is 1. The summed E-state index contributed by atoms with van der Waals surface area (Å²) in [6.45, 7) is 6.60. The molecule has 0 bridgehead atoms. The molecule has 1 amide bonds. The van der Waals surface area contributed by atoms with E-state index in [0.29, 0.717) is 13.2 Å². The van der Waals surface area contributed by atoms with Gasteiger partial charge in [0.05, 0.1) is 19.2 Å². The zero-order valence-electron chi connectivity index (χ0n) is 14.3. The molecule has 0 fully saturated rings. The minimum atomic E-state index is -0.181. The second kappa shape index (κ2) is 9.93. The van der Waals surface area contributed by atoms with Crippen LogP contribution in [0.2, 0.25) is 0 Å². The molecule has 0 heterocycles. The van der Waals surface area contributed by atoms with E-state index in [2.05, 4.69) is 17.1 Å². The number of carbonyl (C=O) groups excluding carboxylic acids is 1. The van der Waals surface area contributed by atoms with E-state index in [1.165, 1.54) is 0 Å². The van der Waals surface area contributed by atoms with Crippen molar-refractivity contribution in [1.29, 1.82) is 0 Å². The number of amides is 1. The lowest BCUT2D eigenvalue weighted by Gasteiger charge is -2.05. The molecule has 0 spiro atoms. The van der Waals surface area contributed by atoms with Gasteiger partial charge in [-0.25, -0.2) is 5.43 Å². The SMILES string of the molecule is C=CCOc1cccc(/C=N\NC(=O)Cc2ccc(OCC)cc2)c1. The molecule has 0 aliphatic carbocycles. The number of nitrogens with one attached hydrogen (secondary N) is 1. The van der Waals surface area contributed by atoms with Crippen molar-refractivity contribution in [3.05, 3.63) is 72.3 Å². The fourth-order valence-corrected chi connectivity index (χ4v) is 2.11. The van der Waals surface area contributed by atoms with Crippen LogP contribution in [0.25, 0.3) is 0 Å². The van der Waals surface area contributed by atoms with Crippen LogP contribution in [0.4, 0.5) is 0 Å². The summed E-state index contributed by atoms with van der Waals surface area (Å²) >= 11 is 0. The monoisotopic (exact) mass is 338 g/mol. The van der Waals surface area contributed by atoms with Gasteiger partial charge in [-0.1, -0.05) is 36.9 Å². The molecular formula is C20H22N2O3. The third-order valence-corrected chi connectivity index (χ3v) is 3.23. The second-order valence-corrected chi connectivity index (χ2v) is 5.22. The normalized spacial score (nSPS) is 10.4. The van der Waals surface area contributed by atoms with Gasteiger partial charge in [-0.2, -0.15) is 5.10 Å². The molecule has 25 heavy (non-hydrogen) atoms. The maximum atomic E-state index is 11.9. The highest BCUT2D eigenvalue weighted by atomic mass is 16.5. The lowest BCUT2D eigenvalue weighted by atomic mass is 10.1. The van der Waals surface area contributed by atoms with Gasteiger partial charge in [0.1, 0.15) is 18.1 Å². The first-order valence-electron chi connectivity index (χ1n) is 8.08. The van der Waals surface area contributed by atoms with Crippen molar-refractivity contribution < 1.29 is 14.3 Å². The lowest BCUT2D eigenvalue weighted by Crippen LogP contribution is -2.19. The van der Waals surface area contributed by atoms with E-state index in [4.69, 9.17) is 9.47 Å². The quantitative estimate of drug-likeness (QED) is 0.433. The van der Waals surface area contributed by atoms with Crippen LogP contribution < -0.4 is 14.9 Å². The van der Waals surface area contributed by atoms with Crippen molar-refractivity contribution in [3.63, 3.8) is 0 Å². The van der Waals surface area contributed by atoms with Crippen LogP contribution >= 0.6 is 0 Å². The van der Waals surface area contributed by atoms with Crippen LogP contribution in [-0.2, 0) is 11.2 Å². The molecule has 0 aliphatic heterocycles. The number of rotatable bonds is 9. The van der Waals surface area contributed by atoms with E-state index in [1.54, 1.807) is 12.3 Å². The van der Waals surface area contributed by atoms with Gasteiger partial charge in [-0.15, -0.1) is 0 Å². The first kappa shape index (κ1) is 18.3. The first-order chi connectivity index (χ1) is 12.2. The maximum Gasteiger partial charge on any atom is 0.244 e. The number of hydrogen-bond acceptors (Lipinski definition) is 4. The number of hydrogen-bond donors (Lipinski definition) is 1. The van der Waals surface area contributed by atoms with Gasteiger partial charge in [0, 0.05) is 0 Å². The highest BCUT2D eigenvalue weighted by Gasteiger charge is 2.02. The molecule has 1 N–H and O–H groups in total. The Morgan fingerprint density at radius 2 is 1.96 bits per heavy atom. The molecule has 0 radical (unpaired) electrons. The summed E-state index contributed by atoms with van der Waals surface area (Å²) in [5.74, 6) is 1.34. The number of nitrogens with zero attached hydrogens (tertiary/aromatic N) is 1. The summed E-state index contributed by atoms with van der Waals surface area (Å²) in [6, 6.07) is 14.9. The summed E-state index contributed by atoms with van der Waals surface area (Å²) < 4.78 is 10.8. The number of ether oxygens (including phenoxy) is 2. The third-order valence-electron chi connectivity index (χ3n) is 3.23. The van der Waals surface area contributed by atoms with Crippen molar-refractivity contribution in [2.45, 2.75) is 13.3 Å². The van der Waals surface area contributed by atoms with E-state index in [-0.39, 0.29) is 12.3 Å². The fourth-order valence-electron chi connectivity index (χ4n) is 2.11. The number of carbonyl (C=O) groups is 1. The van der Waals surface area contributed by atoms with Crippen LogP contribution in [0.15, 0.2) is 66.3 Å². The molecular weight excluding hydrogens is 316 g/mol. The average Bonchev–Trinajstić information content (AvgIpc) is 2.62. The minimum absolute atomic E-state index is 0.181. The van der Waals surface area contributed by atoms with E-state index >= 15 is 0 Å². The Hall–Kier alpha value is -3.08. The van der Waals surface area contributed by atoms with Crippen molar-refractivity contribution in [2.75, 3.05) is 13.2 Å². The Kier molecular flexibility index (Phi) is 7.25. The number of benzene rings is 2. The van der Waals surface area contributed by atoms with E-state index in [1.807, 2.05) is 55.5 Å². The Labute approximate surface area is 148 Å². The van der Waals surface area contributed by atoms with Crippen LogP contribution in [-0.4, -0.2) is 25.3 Å². The average molecular weight is 338 g/mol. The standard InChI is InChI=1S/C20H22N2O3/c1-3-12-25-19-7-5-6-17(13-19)15-21-22-20(23)14-16-8-10-18(11-9-16)24-4-2/h3,5-11,13,15H,1,4,12,14H2,2H3,(H,22,23)/b21-15-. The molecule has 0 aromatic heterocycles. The minimum Gasteiger partial charge on any atom is -0.494 e. The van der Waals surface area contributed by atoms with Crippen LogP contribution in [0, 0.1) is 0 Å². The lowest BCUT2D eigenvalue weighted by molar-refractivity contribution is -0.120. The molecule has 5 nitrogen and oxygen atoms in total. The molecule has 5 heteroatoms. The van der Waals surface area contributed by atoms with Gasteiger partial charge >= 0.3 is 0 Å². The predicted molar refractivity (Wildman–Crippen MR) is 99.2 cm³/mol. The highest BCUT2D eigenvalue weighted by Crippen LogP contribution is 2.13. The van der Waals surface area contributed by atoms with Gasteiger partial charge < -0.3 is 9.47 Å². The first-order valence-corrected chi connectivity index (χ1v) is 8.08. The van der Waals surface area contributed by atoms with E-state index < -0.39 is 0 Å².